The molecular weight excluding hydrogens is 300 g/mol. The molecule has 5 heterocycles. The molecule has 10 heteroatoms. The van der Waals surface area contributed by atoms with Crippen LogP contribution in [-0.2, 0) is 9.47 Å². The van der Waals surface area contributed by atoms with Gasteiger partial charge in [-0.25, -0.2) is 4.58 Å². The number of aliphatic hydroxyl groups excluding tert-OH is 4. The van der Waals surface area contributed by atoms with Gasteiger partial charge in [0.1, 0.15) is 30.0 Å². The summed E-state index contributed by atoms with van der Waals surface area (Å²) in [5, 5.41) is 62.4. The molecule has 22 heavy (non-hydrogen) atoms. The van der Waals surface area contributed by atoms with Gasteiger partial charge in [0.25, 0.3) is 5.84 Å². The molecule has 5 aliphatic heterocycles. The van der Waals surface area contributed by atoms with Crippen molar-refractivity contribution in [2.75, 3.05) is 6.61 Å². The summed E-state index contributed by atoms with van der Waals surface area (Å²) < 4.78 is 11.9. The van der Waals surface area contributed by atoms with Crippen LogP contribution in [0.5, 0.6) is 0 Å². The predicted octanol–water partition coefficient (Wildman–Crippen LogP) is -5.63. The molecule has 0 radical (unpaired) electrons. The number of fused-ring (bicyclic) bond motifs is 1. The molecule has 0 aromatic rings. The summed E-state index contributed by atoms with van der Waals surface area (Å²) in [4.78, 5) is 0. The Labute approximate surface area is 123 Å². The van der Waals surface area contributed by atoms with Crippen molar-refractivity contribution in [2.24, 2.45) is 11.7 Å². The average Bonchev–Trinajstić information content (AvgIpc) is 3.05. The lowest BCUT2D eigenvalue weighted by molar-refractivity contribution is -0.656. The van der Waals surface area contributed by atoms with Gasteiger partial charge >= 0.3 is 5.97 Å². The third-order valence-corrected chi connectivity index (χ3v) is 6.13. The quantitative estimate of drug-likeness (QED) is 0.233. The minimum absolute atomic E-state index is 0.292. The van der Waals surface area contributed by atoms with E-state index in [-0.39, 0.29) is 0 Å². The molecule has 4 bridgehead atoms. The Bertz CT molecular complexity index is 628. The fourth-order valence-corrected chi connectivity index (χ4v) is 5.21. The maximum absolute atomic E-state index is 10.7. The Morgan fingerprint density at radius 3 is 2.41 bits per heavy atom. The molecule has 1 spiro atoms. The summed E-state index contributed by atoms with van der Waals surface area (Å²) in [6, 6.07) is -0.595. The van der Waals surface area contributed by atoms with Gasteiger partial charge in [-0.15, -0.1) is 0 Å². The molecule has 0 aromatic carbocycles. The van der Waals surface area contributed by atoms with E-state index in [9.17, 15) is 30.6 Å². The Morgan fingerprint density at radius 1 is 1.14 bits per heavy atom. The van der Waals surface area contributed by atoms with Crippen LogP contribution in [-0.4, -0.2) is 101 Å². The zero-order valence-electron chi connectivity index (χ0n) is 11.3. The van der Waals surface area contributed by atoms with Gasteiger partial charge < -0.3 is 40.1 Å². The molecule has 10 atom stereocenters. The third kappa shape index (κ3) is 0.982. The molecule has 122 valence electrons. The zero-order chi connectivity index (χ0) is 15.8. The monoisotopic (exact) mass is 317 g/mol. The topological polar surface area (TPSA) is 169 Å². The van der Waals surface area contributed by atoms with E-state index in [2.05, 4.69) is 0 Å². The molecule has 6 rings (SSSR count). The summed E-state index contributed by atoms with van der Waals surface area (Å²) in [5.41, 5.74) is 2.29. The van der Waals surface area contributed by atoms with Gasteiger partial charge in [0, 0.05) is 0 Å². The van der Waals surface area contributed by atoms with Crippen LogP contribution in [0.25, 0.3) is 0 Å². The van der Waals surface area contributed by atoms with Crippen molar-refractivity contribution in [1.29, 1.82) is 0 Å². The highest BCUT2D eigenvalue weighted by Crippen LogP contribution is 2.64. The normalized spacial score (nSPS) is 67.5. The van der Waals surface area contributed by atoms with Crippen molar-refractivity contribution in [3.63, 3.8) is 0 Å². The van der Waals surface area contributed by atoms with E-state index < -0.39 is 66.2 Å². The van der Waals surface area contributed by atoms with Crippen molar-refractivity contribution in [1.82, 2.24) is 0 Å². The zero-order valence-corrected chi connectivity index (χ0v) is 11.3. The molecular formula is C12H17N2O8+. The van der Waals surface area contributed by atoms with Crippen molar-refractivity contribution in [3.8, 4) is 0 Å². The van der Waals surface area contributed by atoms with Gasteiger partial charge in [-0.3, -0.25) is 5.73 Å². The molecule has 0 aromatic heterocycles. The third-order valence-electron chi connectivity index (χ3n) is 6.13. The number of rotatable bonds is 1. The molecule has 1 saturated carbocycles. The standard InChI is InChI=1S/C12H16N2O8/c13-8-3-4(16)2-6-10(19,1-15)7-5(17)11(2,14(3)8)9(18)12(20,21-6)22-7/h2-7,9,13,15-20H,1H2/p+1. The second-order valence-electron chi connectivity index (χ2n) is 6.85. The smallest absolute Gasteiger partial charge is 0.313 e. The SMILES string of the molecule is NC1=[N+]2C1C(O)C1C3OC4(O)OC(C(O)C12C4O)C3(O)CO. The number of nitrogens with two attached hydrogens (primary N) is 1. The van der Waals surface area contributed by atoms with Crippen molar-refractivity contribution in [3.05, 3.63) is 0 Å². The summed E-state index contributed by atoms with van der Waals surface area (Å²) in [7, 11) is 0. The highest BCUT2D eigenvalue weighted by atomic mass is 16.9. The molecule has 10 unspecified atom stereocenters. The van der Waals surface area contributed by atoms with Gasteiger partial charge in [0.05, 0.1) is 12.5 Å². The highest BCUT2D eigenvalue weighted by molar-refractivity contribution is 5.90. The average molecular weight is 317 g/mol. The minimum atomic E-state index is -2.44. The van der Waals surface area contributed by atoms with Crippen LogP contribution < -0.4 is 5.73 Å². The van der Waals surface area contributed by atoms with Crippen LogP contribution >= 0.6 is 0 Å². The van der Waals surface area contributed by atoms with Gasteiger partial charge in [-0.1, -0.05) is 0 Å². The number of hydrogen-bond acceptors (Lipinski definition) is 9. The van der Waals surface area contributed by atoms with Crippen LogP contribution in [0.3, 0.4) is 0 Å². The lowest BCUT2D eigenvalue weighted by Gasteiger charge is -2.67. The summed E-state index contributed by atoms with van der Waals surface area (Å²) >= 11 is 0. The van der Waals surface area contributed by atoms with E-state index in [1.165, 1.54) is 4.58 Å². The Hall–Kier alpha value is -0.850. The molecule has 1 aliphatic carbocycles. The van der Waals surface area contributed by atoms with E-state index in [1.807, 2.05) is 0 Å². The number of amidine groups is 1. The maximum Gasteiger partial charge on any atom is 0.313 e. The van der Waals surface area contributed by atoms with Crippen molar-refractivity contribution in [2.45, 2.75) is 53.7 Å². The second-order valence-corrected chi connectivity index (χ2v) is 6.85. The lowest BCUT2D eigenvalue weighted by Crippen LogP contribution is -2.91. The largest absolute Gasteiger partial charge is 0.393 e. The van der Waals surface area contributed by atoms with Crippen molar-refractivity contribution >= 4 is 5.84 Å². The first kappa shape index (κ1) is 13.6. The van der Waals surface area contributed by atoms with Crippen molar-refractivity contribution < 1.29 is 44.7 Å². The Balaban J connectivity index is 1.78. The van der Waals surface area contributed by atoms with E-state index >= 15 is 0 Å². The molecule has 5 fully saturated rings. The molecule has 10 nitrogen and oxygen atoms in total. The van der Waals surface area contributed by atoms with Gasteiger partial charge in [-0.2, -0.15) is 0 Å². The fourth-order valence-electron chi connectivity index (χ4n) is 5.21. The summed E-state index contributed by atoms with van der Waals surface area (Å²) in [6.45, 7) is -0.797. The van der Waals surface area contributed by atoms with E-state index in [0.717, 1.165) is 0 Å². The first-order valence-electron chi connectivity index (χ1n) is 7.12. The van der Waals surface area contributed by atoms with Gasteiger partial charge in [0.2, 0.25) is 6.04 Å². The molecule has 8 N–H and O–H groups in total. The predicted molar refractivity (Wildman–Crippen MR) is 64.2 cm³/mol. The summed E-state index contributed by atoms with van der Waals surface area (Å²) in [5.74, 6) is -3.09. The number of hydrogen-bond donors (Lipinski definition) is 7. The minimum Gasteiger partial charge on any atom is -0.393 e. The van der Waals surface area contributed by atoms with Gasteiger partial charge in [0.15, 0.2) is 11.6 Å². The van der Waals surface area contributed by atoms with Crippen LogP contribution in [0.15, 0.2) is 0 Å². The molecule has 6 aliphatic rings. The highest BCUT2D eigenvalue weighted by Gasteiger charge is 2.91. The Kier molecular flexibility index (Phi) is 2.05. The van der Waals surface area contributed by atoms with Gasteiger partial charge in [-0.05, 0) is 0 Å². The van der Waals surface area contributed by atoms with E-state index in [1.54, 1.807) is 0 Å². The van der Waals surface area contributed by atoms with Crippen LogP contribution in [0.4, 0.5) is 0 Å². The van der Waals surface area contributed by atoms with Crippen LogP contribution in [0.2, 0.25) is 0 Å². The van der Waals surface area contributed by atoms with Crippen LogP contribution in [0.1, 0.15) is 0 Å². The second kappa shape index (κ2) is 3.32. The molecule has 4 saturated heterocycles. The number of nitrogens with zero attached hydrogens (tertiary/aromatic N) is 1. The fraction of sp³-hybridized carbons (Fsp3) is 0.917. The Morgan fingerprint density at radius 2 is 1.77 bits per heavy atom. The van der Waals surface area contributed by atoms with Crippen LogP contribution in [0, 0.1) is 5.92 Å². The first-order chi connectivity index (χ1) is 10.2. The maximum atomic E-state index is 10.7. The molecule has 0 amide bonds. The summed E-state index contributed by atoms with van der Waals surface area (Å²) in [6.07, 6.45) is -6.90. The van der Waals surface area contributed by atoms with E-state index in [0.29, 0.717) is 5.84 Å². The first-order valence-corrected chi connectivity index (χ1v) is 7.12. The lowest BCUT2D eigenvalue weighted by atomic mass is 9.56. The number of ether oxygens (including phenoxy) is 2. The number of aliphatic hydroxyl groups is 6. The van der Waals surface area contributed by atoms with E-state index in [4.69, 9.17) is 15.2 Å².